The lowest BCUT2D eigenvalue weighted by Gasteiger charge is -2.48. The fourth-order valence-electron chi connectivity index (χ4n) is 4.52. The van der Waals surface area contributed by atoms with E-state index in [1.807, 2.05) is 30.3 Å². The molecule has 1 aliphatic rings. The van der Waals surface area contributed by atoms with Gasteiger partial charge in [0.15, 0.2) is 0 Å². The molecule has 4 rings (SSSR count). The standard InChI is InChI=1S/C21H27N5OS/c1-20(2)12-15(13-21(3,4)24-20)25(5)18-22-23-19(28-18)26-16-9-7-6-8-14(16)10-11-17(26)27/h6-11,15,24H,12-13H2,1-5H3. The molecule has 6 nitrogen and oxygen atoms in total. The van der Waals surface area contributed by atoms with Crippen molar-refractivity contribution in [3.63, 3.8) is 0 Å². The zero-order valence-corrected chi connectivity index (χ0v) is 17.9. The number of aromatic nitrogens is 3. The lowest BCUT2D eigenvalue weighted by Crippen LogP contribution is -2.61. The fraction of sp³-hybridized carbons (Fsp3) is 0.476. The molecule has 3 heterocycles. The minimum atomic E-state index is -0.0896. The molecule has 0 radical (unpaired) electrons. The molecular weight excluding hydrogens is 370 g/mol. The molecule has 2 aromatic heterocycles. The summed E-state index contributed by atoms with van der Waals surface area (Å²) in [5, 5.41) is 15.0. The van der Waals surface area contributed by atoms with E-state index in [0.29, 0.717) is 11.2 Å². The van der Waals surface area contributed by atoms with Crippen molar-refractivity contribution < 1.29 is 0 Å². The van der Waals surface area contributed by atoms with Gasteiger partial charge in [0.05, 0.1) is 5.52 Å². The number of fused-ring (bicyclic) bond motifs is 1. The third-order valence-corrected chi connectivity index (χ3v) is 6.42. The highest BCUT2D eigenvalue weighted by molar-refractivity contribution is 7.17. The van der Waals surface area contributed by atoms with Crippen LogP contribution < -0.4 is 15.8 Å². The minimum Gasteiger partial charge on any atom is -0.347 e. The molecule has 1 aromatic carbocycles. The van der Waals surface area contributed by atoms with Gasteiger partial charge < -0.3 is 10.2 Å². The summed E-state index contributed by atoms with van der Waals surface area (Å²) in [4.78, 5) is 14.8. The second kappa shape index (κ2) is 6.67. The van der Waals surface area contributed by atoms with E-state index in [0.717, 1.165) is 28.9 Å². The Balaban J connectivity index is 1.69. The van der Waals surface area contributed by atoms with Gasteiger partial charge in [0, 0.05) is 30.2 Å². The van der Waals surface area contributed by atoms with Crippen molar-refractivity contribution in [3.05, 3.63) is 46.8 Å². The Morgan fingerprint density at radius 1 is 1.07 bits per heavy atom. The van der Waals surface area contributed by atoms with Crippen molar-refractivity contribution in [2.75, 3.05) is 11.9 Å². The zero-order valence-electron chi connectivity index (χ0n) is 17.1. The van der Waals surface area contributed by atoms with Crippen molar-refractivity contribution in [1.29, 1.82) is 0 Å². The first-order chi connectivity index (χ1) is 13.2. The predicted octanol–water partition coefficient (Wildman–Crippen LogP) is 3.59. The number of rotatable bonds is 3. The van der Waals surface area contributed by atoms with Crippen molar-refractivity contribution in [1.82, 2.24) is 20.1 Å². The van der Waals surface area contributed by atoms with E-state index in [-0.39, 0.29) is 16.6 Å². The molecule has 3 aromatic rings. The molecule has 7 heteroatoms. The molecule has 1 N–H and O–H groups in total. The Bertz CT molecular complexity index is 1050. The van der Waals surface area contributed by atoms with Crippen molar-refractivity contribution in [2.24, 2.45) is 0 Å². The molecule has 0 bridgehead atoms. The number of pyridine rings is 1. The highest BCUT2D eigenvalue weighted by atomic mass is 32.1. The monoisotopic (exact) mass is 397 g/mol. The maximum Gasteiger partial charge on any atom is 0.257 e. The van der Waals surface area contributed by atoms with Crippen LogP contribution in [0.3, 0.4) is 0 Å². The van der Waals surface area contributed by atoms with E-state index in [1.165, 1.54) is 11.3 Å². The van der Waals surface area contributed by atoms with Crippen LogP contribution in [0, 0.1) is 0 Å². The van der Waals surface area contributed by atoms with Gasteiger partial charge >= 0.3 is 0 Å². The molecular formula is C21H27N5OS. The molecule has 0 atom stereocenters. The van der Waals surface area contributed by atoms with Crippen LogP contribution >= 0.6 is 11.3 Å². The highest BCUT2D eigenvalue weighted by Gasteiger charge is 2.39. The van der Waals surface area contributed by atoms with Crippen LogP contribution in [-0.4, -0.2) is 38.9 Å². The molecule has 1 saturated heterocycles. The van der Waals surface area contributed by atoms with Crippen molar-refractivity contribution >= 4 is 27.4 Å². The highest BCUT2D eigenvalue weighted by Crippen LogP contribution is 2.34. The van der Waals surface area contributed by atoms with Gasteiger partial charge in [-0.3, -0.25) is 9.36 Å². The van der Waals surface area contributed by atoms with Crippen molar-refractivity contribution in [3.8, 4) is 5.13 Å². The van der Waals surface area contributed by atoms with Crippen LogP contribution in [0.25, 0.3) is 16.0 Å². The molecule has 0 spiro atoms. The molecule has 28 heavy (non-hydrogen) atoms. The minimum absolute atomic E-state index is 0.0563. The fourth-order valence-corrected chi connectivity index (χ4v) is 5.42. The number of hydrogen-bond donors (Lipinski definition) is 1. The summed E-state index contributed by atoms with van der Waals surface area (Å²) in [6.07, 6.45) is 2.05. The van der Waals surface area contributed by atoms with Crippen LogP contribution in [0.5, 0.6) is 0 Å². The van der Waals surface area contributed by atoms with Crippen LogP contribution in [0.2, 0.25) is 0 Å². The lowest BCUT2D eigenvalue weighted by molar-refractivity contribution is 0.161. The maximum atomic E-state index is 12.6. The number of piperidine rings is 1. The molecule has 0 saturated carbocycles. The summed E-state index contributed by atoms with van der Waals surface area (Å²) >= 11 is 1.46. The third-order valence-electron chi connectivity index (χ3n) is 5.42. The number of benzene rings is 1. The van der Waals surface area contributed by atoms with Gasteiger partial charge in [-0.05, 0) is 58.1 Å². The van der Waals surface area contributed by atoms with Gasteiger partial charge in [0.2, 0.25) is 10.3 Å². The summed E-state index contributed by atoms with van der Waals surface area (Å²) < 4.78 is 1.65. The van der Waals surface area contributed by atoms with Gasteiger partial charge in [0.1, 0.15) is 0 Å². The van der Waals surface area contributed by atoms with Crippen LogP contribution in [-0.2, 0) is 0 Å². The lowest BCUT2D eigenvalue weighted by atomic mass is 9.79. The van der Waals surface area contributed by atoms with Crippen molar-refractivity contribution in [2.45, 2.75) is 57.7 Å². The Morgan fingerprint density at radius 3 is 2.46 bits per heavy atom. The van der Waals surface area contributed by atoms with Crippen LogP contribution in [0.15, 0.2) is 41.2 Å². The van der Waals surface area contributed by atoms with E-state index in [1.54, 1.807) is 10.6 Å². The van der Waals surface area contributed by atoms with Gasteiger partial charge in [-0.15, -0.1) is 10.2 Å². The van der Waals surface area contributed by atoms with Gasteiger partial charge in [-0.2, -0.15) is 0 Å². The molecule has 1 fully saturated rings. The molecule has 148 valence electrons. The Morgan fingerprint density at radius 2 is 1.75 bits per heavy atom. The quantitative estimate of drug-likeness (QED) is 0.732. The average molecular weight is 398 g/mol. The summed E-state index contributed by atoms with van der Waals surface area (Å²) in [5.74, 6) is 0. The third kappa shape index (κ3) is 3.56. The van der Waals surface area contributed by atoms with E-state index in [9.17, 15) is 4.79 Å². The summed E-state index contributed by atoms with van der Waals surface area (Å²) in [7, 11) is 2.08. The number of nitrogens with zero attached hydrogens (tertiary/aromatic N) is 4. The number of para-hydroxylation sites is 1. The maximum absolute atomic E-state index is 12.6. The molecule has 1 aliphatic heterocycles. The largest absolute Gasteiger partial charge is 0.347 e. The smallest absolute Gasteiger partial charge is 0.257 e. The Labute approximate surface area is 169 Å². The van der Waals surface area contributed by atoms with Crippen LogP contribution in [0.4, 0.5) is 5.13 Å². The number of hydrogen-bond acceptors (Lipinski definition) is 6. The summed E-state index contributed by atoms with van der Waals surface area (Å²) in [5.41, 5.74) is 0.874. The Kier molecular flexibility index (Phi) is 4.55. The van der Waals surface area contributed by atoms with E-state index in [4.69, 9.17) is 0 Å². The first-order valence-electron chi connectivity index (χ1n) is 9.62. The molecule has 0 unspecified atom stereocenters. The second-order valence-corrected chi connectivity index (χ2v) is 9.93. The van der Waals surface area contributed by atoms with Gasteiger partial charge in [-0.1, -0.05) is 29.5 Å². The normalized spacial score (nSPS) is 19.0. The number of nitrogens with one attached hydrogen (secondary N) is 1. The zero-order chi connectivity index (χ0) is 20.1. The number of anilines is 1. The first kappa shape index (κ1) is 19.1. The van der Waals surface area contributed by atoms with E-state index in [2.05, 4.69) is 55.2 Å². The topological polar surface area (TPSA) is 63.1 Å². The SMILES string of the molecule is CN(c1nnc(-n2c(=O)ccc3ccccc32)s1)C1CC(C)(C)NC(C)(C)C1. The van der Waals surface area contributed by atoms with Crippen LogP contribution in [0.1, 0.15) is 40.5 Å². The van der Waals surface area contributed by atoms with Gasteiger partial charge in [0.25, 0.3) is 5.56 Å². The average Bonchev–Trinajstić information content (AvgIpc) is 3.07. The molecule has 0 amide bonds. The Hall–Kier alpha value is -2.25. The van der Waals surface area contributed by atoms with E-state index >= 15 is 0 Å². The first-order valence-corrected chi connectivity index (χ1v) is 10.4. The van der Waals surface area contributed by atoms with E-state index < -0.39 is 0 Å². The second-order valence-electron chi connectivity index (χ2n) is 9.00. The van der Waals surface area contributed by atoms with Gasteiger partial charge in [-0.25, -0.2) is 0 Å². The molecule has 0 aliphatic carbocycles. The predicted molar refractivity (Wildman–Crippen MR) is 116 cm³/mol. The summed E-state index contributed by atoms with van der Waals surface area (Å²) in [6, 6.07) is 11.6. The summed E-state index contributed by atoms with van der Waals surface area (Å²) in [6.45, 7) is 8.98.